The smallest absolute Gasteiger partial charge is 0.378 e. The maximum absolute atomic E-state index is 12.7. The van der Waals surface area contributed by atoms with Crippen molar-refractivity contribution >= 4 is 5.97 Å². The van der Waals surface area contributed by atoms with Crippen LogP contribution in [-0.4, -0.2) is 32.8 Å². The van der Waals surface area contributed by atoms with Crippen LogP contribution in [0.2, 0.25) is 0 Å². The van der Waals surface area contributed by atoms with Gasteiger partial charge in [0.15, 0.2) is 0 Å². The van der Waals surface area contributed by atoms with E-state index in [0.29, 0.717) is 0 Å². The molecule has 0 saturated heterocycles. The first-order valence-corrected chi connectivity index (χ1v) is 9.41. The molecule has 1 heterocycles. The number of hydrogen-bond acceptors (Lipinski definition) is 5. The van der Waals surface area contributed by atoms with Gasteiger partial charge in [0, 0.05) is 0 Å². The fourth-order valence-corrected chi connectivity index (χ4v) is 3.64. The van der Waals surface area contributed by atoms with Gasteiger partial charge in [-0.2, -0.15) is 4.68 Å². The Labute approximate surface area is 168 Å². The number of ether oxygens (including phenoxy) is 1. The monoisotopic (exact) mass is 384 g/mol. The number of rotatable bonds is 6. The van der Waals surface area contributed by atoms with E-state index in [0.717, 1.165) is 16.7 Å². The molecule has 6 nitrogen and oxygen atoms in total. The molecular weight excluding hydrogens is 364 g/mol. The molecule has 3 aromatic carbocycles. The molecule has 29 heavy (non-hydrogen) atoms. The van der Waals surface area contributed by atoms with E-state index in [4.69, 9.17) is 4.74 Å². The molecule has 0 fully saturated rings. The first-order chi connectivity index (χ1) is 14.3. The molecule has 0 N–H and O–H groups in total. The lowest BCUT2D eigenvalue weighted by atomic mass is 9.77. The normalized spacial score (nSPS) is 11.2. The number of esters is 1. The molecule has 0 amide bonds. The minimum Gasteiger partial charge on any atom is -0.460 e. The molecule has 0 saturated carbocycles. The van der Waals surface area contributed by atoms with Crippen molar-refractivity contribution in [3.63, 3.8) is 0 Å². The van der Waals surface area contributed by atoms with Crippen molar-refractivity contribution in [2.75, 3.05) is 6.61 Å². The van der Waals surface area contributed by atoms with E-state index in [1.807, 2.05) is 91.0 Å². The predicted molar refractivity (Wildman–Crippen MR) is 108 cm³/mol. The summed E-state index contributed by atoms with van der Waals surface area (Å²) in [5.74, 6) is -0.520. The fraction of sp³-hybridized carbons (Fsp3) is 0.130. The minimum absolute atomic E-state index is 0.0448. The highest BCUT2D eigenvalue weighted by molar-refractivity contribution is 5.85. The third-order valence-electron chi connectivity index (χ3n) is 4.82. The van der Waals surface area contributed by atoms with Crippen molar-refractivity contribution < 1.29 is 9.53 Å². The Bertz CT molecular complexity index is 983. The zero-order chi connectivity index (χ0) is 20.1. The van der Waals surface area contributed by atoms with E-state index >= 15 is 0 Å². The van der Waals surface area contributed by atoms with Gasteiger partial charge >= 0.3 is 5.97 Å². The quantitative estimate of drug-likeness (QED) is 0.375. The number of tetrazole rings is 1. The Hall–Kier alpha value is -3.80. The molecular formula is C23H20N4O2. The van der Waals surface area contributed by atoms with Crippen LogP contribution in [0, 0.1) is 0 Å². The van der Waals surface area contributed by atoms with E-state index in [1.165, 1.54) is 0 Å². The first kappa shape index (κ1) is 18.6. The van der Waals surface area contributed by atoms with Crippen molar-refractivity contribution in [2.45, 2.75) is 12.5 Å². The van der Waals surface area contributed by atoms with Crippen molar-refractivity contribution in [3.8, 4) is 0 Å². The van der Waals surface area contributed by atoms with Crippen molar-refractivity contribution in [3.05, 3.63) is 114 Å². The lowest BCUT2D eigenvalue weighted by molar-refractivity contribution is 0.0500. The second-order valence-electron chi connectivity index (χ2n) is 6.44. The van der Waals surface area contributed by atoms with Gasteiger partial charge in [-0.1, -0.05) is 91.0 Å². The molecule has 0 bridgehead atoms. The summed E-state index contributed by atoms with van der Waals surface area (Å²) >= 11 is 0. The highest BCUT2D eigenvalue weighted by atomic mass is 16.5. The van der Waals surface area contributed by atoms with Crippen LogP contribution in [0.4, 0.5) is 0 Å². The zero-order valence-electron chi connectivity index (χ0n) is 16.0. The van der Waals surface area contributed by atoms with Gasteiger partial charge in [-0.15, -0.1) is 5.10 Å². The average Bonchev–Trinajstić information content (AvgIpc) is 3.27. The summed E-state index contributed by atoms with van der Waals surface area (Å²) in [7, 11) is 0. The van der Waals surface area contributed by atoms with Crippen LogP contribution >= 0.6 is 0 Å². The van der Waals surface area contributed by atoms with E-state index < -0.39 is 11.5 Å². The van der Waals surface area contributed by atoms with Crippen LogP contribution in [0.3, 0.4) is 0 Å². The predicted octanol–water partition coefficient (Wildman–Crippen LogP) is 3.69. The molecule has 0 aliphatic heterocycles. The number of nitrogens with zero attached hydrogens (tertiary/aromatic N) is 4. The Morgan fingerprint density at radius 3 is 1.69 bits per heavy atom. The maximum atomic E-state index is 12.7. The fourth-order valence-electron chi connectivity index (χ4n) is 3.64. The van der Waals surface area contributed by atoms with E-state index in [-0.39, 0.29) is 12.4 Å². The summed E-state index contributed by atoms with van der Waals surface area (Å²) in [6.45, 7) is 1.99. The summed E-state index contributed by atoms with van der Waals surface area (Å²) in [5.41, 5.74) is 1.83. The van der Waals surface area contributed by atoms with Crippen LogP contribution < -0.4 is 0 Å². The maximum Gasteiger partial charge on any atom is 0.378 e. The number of carbonyl (C=O) groups excluding carboxylic acids is 1. The topological polar surface area (TPSA) is 69.9 Å². The molecule has 0 radical (unpaired) electrons. The molecule has 0 unspecified atom stereocenters. The van der Waals surface area contributed by atoms with E-state index in [9.17, 15) is 4.79 Å². The molecule has 4 rings (SSSR count). The zero-order valence-corrected chi connectivity index (χ0v) is 16.0. The van der Waals surface area contributed by atoms with Gasteiger partial charge < -0.3 is 4.74 Å². The van der Waals surface area contributed by atoms with Crippen LogP contribution in [0.15, 0.2) is 91.0 Å². The van der Waals surface area contributed by atoms with Gasteiger partial charge in [0.1, 0.15) is 5.54 Å². The van der Waals surface area contributed by atoms with Gasteiger partial charge in [-0.3, -0.25) is 0 Å². The Morgan fingerprint density at radius 1 is 0.828 bits per heavy atom. The van der Waals surface area contributed by atoms with Gasteiger partial charge in [0.05, 0.1) is 6.61 Å². The summed E-state index contributed by atoms with van der Waals surface area (Å²) in [5, 5.41) is 12.1. The second-order valence-corrected chi connectivity index (χ2v) is 6.44. The summed E-state index contributed by atoms with van der Waals surface area (Å²) in [6, 6.07) is 29.7. The Balaban J connectivity index is 2.11. The Kier molecular flexibility index (Phi) is 5.16. The SMILES string of the molecule is CCOC(=O)c1nnnn1C(c1ccccc1)(c1ccccc1)c1ccccc1. The minimum atomic E-state index is -0.949. The molecule has 0 atom stereocenters. The second kappa shape index (κ2) is 8.06. The van der Waals surface area contributed by atoms with E-state index in [2.05, 4.69) is 15.5 Å². The van der Waals surface area contributed by atoms with Gasteiger partial charge in [-0.25, -0.2) is 4.79 Å². The number of benzene rings is 3. The van der Waals surface area contributed by atoms with Crippen LogP contribution in [0.5, 0.6) is 0 Å². The van der Waals surface area contributed by atoms with Gasteiger partial charge in [0.25, 0.3) is 5.82 Å². The number of hydrogen-bond donors (Lipinski definition) is 0. The third kappa shape index (κ3) is 3.18. The average molecular weight is 384 g/mol. The highest BCUT2D eigenvalue weighted by Crippen LogP contribution is 2.40. The van der Waals surface area contributed by atoms with Crippen molar-refractivity contribution in [1.82, 2.24) is 20.2 Å². The third-order valence-corrected chi connectivity index (χ3v) is 4.82. The largest absolute Gasteiger partial charge is 0.460 e. The summed E-state index contributed by atoms with van der Waals surface area (Å²) in [6.07, 6.45) is 0. The van der Waals surface area contributed by atoms with E-state index in [1.54, 1.807) is 11.6 Å². The van der Waals surface area contributed by atoms with Crippen LogP contribution in [-0.2, 0) is 10.3 Å². The molecule has 0 spiro atoms. The lowest BCUT2D eigenvalue weighted by Crippen LogP contribution is -2.41. The first-order valence-electron chi connectivity index (χ1n) is 9.41. The van der Waals surface area contributed by atoms with Crippen LogP contribution in [0.1, 0.15) is 34.2 Å². The van der Waals surface area contributed by atoms with Crippen molar-refractivity contribution in [2.24, 2.45) is 0 Å². The molecule has 1 aromatic heterocycles. The molecule has 0 aliphatic carbocycles. The number of carbonyl (C=O) groups is 1. The van der Waals surface area contributed by atoms with Crippen molar-refractivity contribution in [1.29, 1.82) is 0 Å². The lowest BCUT2D eigenvalue weighted by Gasteiger charge is -2.35. The standard InChI is InChI=1S/C23H20N4O2/c1-2-29-22(28)21-24-25-26-27(21)23(18-12-6-3-7-13-18,19-14-8-4-9-15-19)20-16-10-5-11-17-20/h3-17H,2H2,1H3. The highest BCUT2D eigenvalue weighted by Gasteiger charge is 2.43. The summed E-state index contributed by atoms with van der Waals surface area (Å²) < 4.78 is 6.79. The van der Waals surface area contributed by atoms with Gasteiger partial charge in [-0.05, 0) is 34.0 Å². The molecule has 0 aliphatic rings. The molecule has 144 valence electrons. The molecule has 4 aromatic rings. The Morgan fingerprint density at radius 2 is 1.28 bits per heavy atom. The summed E-state index contributed by atoms with van der Waals surface area (Å²) in [4.78, 5) is 12.7. The molecule has 6 heteroatoms. The van der Waals surface area contributed by atoms with Crippen LogP contribution in [0.25, 0.3) is 0 Å². The number of aromatic nitrogens is 4. The van der Waals surface area contributed by atoms with Gasteiger partial charge in [0.2, 0.25) is 0 Å².